The van der Waals surface area contributed by atoms with Gasteiger partial charge in [0.05, 0.1) is 40.0 Å². The molecule has 1 aliphatic carbocycles. The zero-order valence-electron chi connectivity index (χ0n) is 30.3. The number of ether oxygens (including phenoxy) is 1. The van der Waals surface area contributed by atoms with Crippen LogP contribution in [0.2, 0.25) is 0 Å². The minimum Gasteiger partial charge on any atom is -0.494 e. The van der Waals surface area contributed by atoms with E-state index in [9.17, 15) is 4.57 Å². The van der Waals surface area contributed by atoms with Crippen molar-refractivity contribution in [1.29, 1.82) is 0 Å². The molecule has 1 spiro atoms. The number of rotatable bonds is 10. The third-order valence-electron chi connectivity index (χ3n) is 11.0. The number of halogens is 1. The molecule has 272 valence electrons. The largest absolute Gasteiger partial charge is 0.494 e. The van der Waals surface area contributed by atoms with E-state index < -0.39 is 7.14 Å². The number of likely N-dealkylation sites (tertiary alicyclic amines) is 1. The summed E-state index contributed by atoms with van der Waals surface area (Å²) < 4.78 is 22.0. The number of anilines is 5. The predicted molar refractivity (Wildman–Crippen MR) is 212 cm³/mol. The molecule has 12 nitrogen and oxygen atoms in total. The highest BCUT2D eigenvalue weighted by molar-refractivity contribution is 9.10. The van der Waals surface area contributed by atoms with Crippen molar-refractivity contribution in [1.82, 2.24) is 34.6 Å². The van der Waals surface area contributed by atoms with Gasteiger partial charge in [-0.05, 0) is 110 Å². The first-order valence-electron chi connectivity index (χ1n) is 18.1. The molecule has 0 bridgehead atoms. The van der Waals surface area contributed by atoms with E-state index >= 15 is 0 Å². The van der Waals surface area contributed by atoms with Crippen LogP contribution < -0.4 is 25.6 Å². The van der Waals surface area contributed by atoms with Gasteiger partial charge in [0.1, 0.15) is 24.2 Å². The molecule has 52 heavy (non-hydrogen) atoms. The summed E-state index contributed by atoms with van der Waals surface area (Å²) in [6.07, 6.45) is 16.8. The first-order valence-corrected chi connectivity index (χ1v) is 21.5. The zero-order valence-corrected chi connectivity index (χ0v) is 32.8. The normalized spacial score (nSPS) is 17.8. The third kappa shape index (κ3) is 7.27. The summed E-state index contributed by atoms with van der Waals surface area (Å²) in [5.41, 5.74) is 6.39. The summed E-state index contributed by atoms with van der Waals surface area (Å²) in [7, 11) is 0.876. The highest BCUT2D eigenvalue weighted by Gasteiger charge is 2.39. The quantitative estimate of drug-likeness (QED) is 0.138. The molecule has 3 fully saturated rings. The van der Waals surface area contributed by atoms with Gasteiger partial charge < -0.3 is 29.7 Å². The van der Waals surface area contributed by atoms with E-state index in [4.69, 9.17) is 9.72 Å². The SMILES string of the molecule is COc1cc(N2CCC3(CCN(CC4CC4)CC3)CC2)c(-c2cnn(C)c2)cc1Nc1ncc(Br)c(Nc2ccc3nccnc3c2P(C)(C)=O)n1. The second-order valence-electron chi connectivity index (χ2n) is 15.1. The molecule has 2 aliphatic heterocycles. The predicted octanol–water partition coefficient (Wildman–Crippen LogP) is 7.42. The lowest BCUT2D eigenvalue weighted by Crippen LogP contribution is -2.47. The molecule has 3 aliphatic rings. The molecule has 0 unspecified atom stereocenters. The van der Waals surface area contributed by atoms with Crippen LogP contribution in [0.1, 0.15) is 38.5 Å². The third-order valence-corrected chi connectivity index (χ3v) is 13.1. The molecule has 8 rings (SSSR count). The van der Waals surface area contributed by atoms with Gasteiger partial charge in [-0.2, -0.15) is 10.1 Å². The van der Waals surface area contributed by atoms with E-state index in [0.717, 1.165) is 41.5 Å². The van der Waals surface area contributed by atoms with Crippen molar-refractivity contribution in [3.8, 4) is 16.9 Å². The Balaban J connectivity index is 1.07. The van der Waals surface area contributed by atoms with Crippen LogP contribution in [0.3, 0.4) is 0 Å². The summed E-state index contributed by atoms with van der Waals surface area (Å²) >= 11 is 3.61. The van der Waals surface area contributed by atoms with Crippen LogP contribution in [-0.4, -0.2) is 87.8 Å². The van der Waals surface area contributed by atoms with Gasteiger partial charge in [0.25, 0.3) is 0 Å². The van der Waals surface area contributed by atoms with Crippen molar-refractivity contribution < 1.29 is 9.30 Å². The molecule has 5 aromatic rings. The number of hydrogen-bond donors (Lipinski definition) is 2. The van der Waals surface area contributed by atoms with Gasteiger partial charge in [-0.15, -0.1) is 0 Å². The number of piperidine rings is 2. The molecule has 2 saturated heterocycles. The summed E-state index contributed by atoms with van der Waals surface area (Å²) in [4.78, 5) is 23.6. The fraction of sp³-hybridized carbons (Fsp3) is 0.447. The number of nitrogens with zero attached hydrogens (tertiary/aromatic N) is 8. The number of nitrogens with one attached hydrogen (secondary N) is 2. The first kappa shape index (κ1) is 35.0. The van der Waals surface area contributed by atoms with Crippen molar-refractivity contribution in [3.63, 3.8) is 0 Å². The molecule has 0 atom stereocenters. The summed E-state index contributed by atoms with van der Waals surface area (Å²) in [6, 6.07) is 8.00. The number of methoxy groups -OCH3 is 1. The maximum absolute atomic E-state index is 13.5. The van der Waals surface area contributed by atoms with E-state index in [1.54, 1.807) is 39.0 Å². The van der Waals surface area contributed by atoms with Crippen LogP contribution in [0.25, 0.3) is 22.2 Å². The standard InChI is InChI=1S/C38H46BrN10O2P/c1-47-24-26(21-43-47)27-19-31(33(51-2)20-32(27)49-17-11-38(12-18-49)9-15-48(16-10-38)23-25-5-6-25)45-37-42-22-28(39)36(46-37)44-30-8-7-29-34(41-14-13-40-29)35(30)52(3,4)50/h7-8,13-14,19-22,24-25H,5-6,9-12,15-18,23H2,1-4H3,(H2,42,44,45,46). The molecule has 5 heterocycles. The zero-order chi connectivity index (χ0) is 36.0. The van der Waals surface area contributed by atoms with Gasteiger partial charge in [-0.1, -0.05) is 0 Å². The minimum absolute atomic E-state index is 0.375. The lowest BCUT2D eigenvalue weighted by atomic mass is 9.71. The average Bonchev–Trinajstić information content (AvgIpc) is 3.85. The van der Waals surface area contributed by atoms with Gasteiger partial charge in [-0.3, -0.25) is 14.6 Å². The molecular weight excluding hydrogens is 739 g/mol. The Morgan fingerprint density at radius 3 is 2.40 bits per heavy atom. The summed E-state index contributed by atoms with van der Waals surface area (Å²) in [5, 5.41) is 12.0. The first-order chi connectivity index (χ1) is 25.1. The number of fused-ring (bicyclic) bond motifs is 1. The average molecular weight is 786 g/mol. The van der Waals surface area contributed by atoms with Crippen LogP contribution in [0.5, 0.6) is 5.75 Å². The second-order valence-corrected chi connectivity index (χ2v) is 19.1. The second kappa shape index (κ2) is 14.1. The maximum Gasteiger partial charge on any atom is 0.229 e. The molecule has 2 aromatic carbocycles. The Labute approximate surface area is 313 Å². The Morgan fingerprint density at radius 1 is 0.962 bits per heavy atom. The fourth-order valence-electron chi connectivity index (χ4n) is 7.92. The number of aryl methyl sites for hydroxylation is 1. The highest BCUT2D eigenvalue weighted by atomic mass is 79.9. The van der Waals surface area contributed by atoms with Crippen molar-refractivity contribution in [2.75, 3.05) is 68.7 Å². The number of hydrogen-bond acceptors (Lipinski definition) is 11. The van der Waals surface area contributed by atoms with Gasteiger partial charge in [0.2, 0.25) is 5.95 Å². The Hall–Kier alpha value is -4.06. The monoisotopic (exact) mass is 784 g/mol. The molecule has 2 N–H and O–H groups in total. The van der Waals surface area contributed by atoms with Gasteiger partial charge in [0, 0.05) is 74.3 Å². The topological polar surface area (TPSA) is 126 Å². The van der Waals surface area contributed by atoms with Crippen molar-refractivity contribution in [2.45, 2.75) is 38.5 Å². The van der Waals surface area contributed by atoms with E-state index in [0.29, 0.717) is 49.4 Å². The smallest absolute Gasteiger partial charge is 0.229 e. The number of aromatic nitrogens is 6. The van der Waals surface area contributed by atoms with Crippen LogP contribution in [-0.2, 0) is 11.6 Å². The van der Waals surface area contributed by atoms with Crippen LogP contribution in [0, 0.1) is 11.3 Å². The molecule has 1 saturated carbocycles. The summed E-state index contributed by atoms with van der Waals surface area (Å²) in [6.45, 7) is 9.31. The molecule has 3 aromatic heterocycles. The summed E-state index contributed by atoms with van der Waals surface area (Å²) in [5.74, 6) is 2.55. The van der Waals surface area contributed by atoms with Crippen molar-refractivity contribution in [3.05, 3.63) is 59.7 Å². The van der Waals surface area contributed by atoms with Gasteiger partial charge in [-0.25, -0.2) is 4.98 Å². The lowest BCUT2D eigenvalue weighted by Gasteiger charge is -2.47. The van der Waals surface area contributed by atoms with Crippen LogP contribution >= 0.6 is 23.1 Å². The highest BCUT2D eigenvalue weighted by Crippen LogP contribution is 2.47. The fourth-order valence-corrected chi connectivity index (χ4v) is 9.60. The van der Waals surface area contributed by atoms with Crippen molar-refractivity contribution in [2.24, 2.45) is 18.4 Å². The van der Waals surface area contributed by atoms with Crippen molar-refractivity contribution >= 4 is 68.2 Å². The Bertz CT molecular complexity index is 2150. The van der Waals surface area contributed by atoms with E-state index in [1.165, 1.54) is 58.2 Å². The van der Waals surface area contributed by atoms with E-state index in [1.807, 2.05) is 30.1 Å². The number of benzene rings is 2. The molecule has 0 amide bonds. The van der Waals surface area contributed by atoms with Gasteiger partial charge >= 0.3 is 0 Å². The van der Waals surface area contributed by atoms with Gasteiger partial charge in [0.15, 0.2) is 0 Å². The lowest BCUT2D eigenvalue weighted by molar-refractivity contribution is 0.0773. The molecule has 14 heteroatoms. The molecular formula is C38H46BrN10O2P. The van der Waals surface area contributed by atoms with E-state index in [-0.39, 0.29) is 0 Å². The molecule has 0 radical (unpaired) electrons. The Morgan fingerprint density at radius 2 is 1.71 bits per heavy atom. The van der Waals surface area contributed by atoms with Crippen LogP contribution in [0.4, 0.5) is 28.8 Å². The van der Waals surface area contributed by atoms with E-state index in [2.05, 4.69) is 74.7 Å². The maximum atomic E-state index is 13.5. The Kier molecular flexibility index (Phi) is 9.46. The van der Waals surface area contributed by atoms with Crippen LogP contribution in [0.15, 0.2) is 59.7 Å². The minimum atomic E-state index is -2.76.